The van der Waals surface area contributed by atoms with Crippen molar-refractivity contribution in [1.82, 2.24) is 20.3 Å². The number of hydrogen-bond acceptors (Lipinski definition) is 8. The molecule has 1 amide bonds. The first-order chi connectivity index (χ1) is 9.51. The number of rotatable bonds is 7. The standard InChI is InChI=1S/C11H21N7O2/c1-5-20-11-15-9(17-12)14-10(16-11)18(4)6-7(2)8(19)13-3/h7H,5-6,12H2,1-4H3,(H,13,19)(H,14,15,16,17). The maximum Gasteiger partial charge on any atom is 0.323 e. The van der Waals surface area contributed by atoms with Crippen LogP contribution in [0, 0.1) is 5.92 Å². The third-order valence-electron chi connectivity index (χ3n) is 2.59. The minimum absolute atomic E-state index is 0.0480. The maximum absolute atomic E-state index is 11.5. The molecule has 9 heteroatoms. The number of nitrogens with one attached hydrogen (secondary N) is 2. The summed E-state index contributed by atoms with van der Waals surface area (Å²) < 4.78 is 5.25. The fourth-order valence-electron chi connectivity index (χ4n) is 1.60. The summed E-state index contributed by atoms with van der Waals surface area (Å²) >= 11 is 0. The molecule has 0 aromatic carbocycles. The molecule has 1 heterocycles. The number of nitrogen functional groups attached to an aromatic ring is 1. The molecule has 0 bridgehead atoms. The van der Waals surface area contributed by atoms with E-state index in [9.17, 15) is 4.79 Å². The van der Waals surface area contributed by atoms with Gasteiger partial charge in [-0.3, -0.25) is 10.2 Å². The van der Waals surface area contributed by atoms with Gasteiger partial charge in [0, 0.05) is 20.6 Å². The number of aromatic nitrogens is 3. The van der Waals surface area contributed by atoms with E-state index in [4.69, 9.17) is 10.6 Å². The SMILES string of the molecule is CCOc1nc(NN)nc(N(C)CC(C)C(=O)NC)n1. The van der Waals surface area contributed by atoms with Gasteiger partial charge < -0.3 is 15.0 Å². The van der Waals surface area contributed by atoms with E-state index in [-0.39, 0.29) is 23.8 Å². The summed E-state index contributed by atoms with van der Waals surface area (Å²) in [5.41, 5.74) is 2.36. The van der Waals surface area contributed by atoms with Crippen LogP contribution >= 0.6 is 0 Å². The Hall–Kier alpha value is -2.16. The molecule has 0 saturated heterocycles. The second-order valence-corrected chi connectivity index (χ2v) is 4.21. The monoisotopic (exact) mass is 283 g/mol. The molecule has 4 N–H and O–H groups in total. The highest BCUT2D eigenvalue weighted by Crippen LogP contribution is 2.14. The normalized spacial score (nSPS) is 11.7. The van der Waals surface area contributed by atoms with Crippen LogP contribution in [0.3, 0.4) is 0 Å². The van der Waals surface area contributed by atoms with Crippen molar-refractivity contribution in [1.29, 1.82) is 0 Å². The third kappa shape index (κ3) is 4.19. The van der Waals surface area contributed by atoms with Gasteiger partial charge in [0.15, 0.2) is 0 Å². The van der Waals surface area contributed by atoms with Crippen LogP contribution in [-0.2, 0) is 4.79 Å². The quantitative estimate of drug-likeness (QED) is 0.447. The molecular weight excluding hydrogens is 262 g/mol. The molecule has 0 aliphatic heterocycles. The largest absolute Gasteiger partial charge is 0.464 e. The van der Waals surface area contributed by atoms with Gasteiger partial charge in [-0.05, 0) is 6.92 Å². The lowest BCUT2D eigenvalue weighted by Gasteiger charge is -2.21. The van der Waals surface area contributed by atoms with E-state index in [2.05, 4.69) is 25.7 Å². The molecular formula is C11H21N7O2. The zero-order valence-corrected chi connectivity index (χ0v) is 12.2. The molecule has 112 valence electrons. The molecule has 1 aromatic rings. The highest BCUT2D eigenvalue weighted by atomic mass is 16.5. The number of amides is 1. The Morgan fingerprint density at radius 3 is 2.70 bits per heavy atom. The predicted molar refractivity (Wildman–Crippen MR) is 75.3 cm³/mol. The number of nitrogens with two attached hydrogens (primary N) is 1. The topological polar surface area (TPSA) is 118 Å². The van der Waals surface area contributed by atoms with Crippen molar-refractivity contribution in [3.05, 3.63) is 0 Å². The second kappa shape index (κ2) is 7.43. The first-order valence-corrected chi connectivity index (χ1v) is 6.30. The van der Waals surface area contributed by atoms with Gasteiger partial charge in [-0.25, -0.2) is 5.84 Å². The first kappa shape index (κ1) is 15.9. The number of hydrazine groups is 1. The Morgan fingerprint density at radius 1 is 1.45 bits per heavy atom. The lowest BCUT2D eigenvalue weighted by Crippen LogP contribution is -2.35. The van der Waals surface area contributed by atoms with Crippen molar-refractivity contribution in [2.45, 2.75) is 13.8 Å². The molecule has 9 nitrogen and oxygen atoms in total. The summed E-state index contributed by atoms with van der Waals surface area (Å²) in [4.78, 5) is 25.5. The van der Waals surface area contributed by atoms with Crippen LogP contribution in [0.25, 0.3) is 0 Å². The number of ether oxygens (including phenoxy) is 1. The van der Waals surface area contributed by atoms with Crippen molar-refractivity contribution in [2.75, 3.05) is 37.6 Å². The van der Waals surface area contributed by atoms with E-state index >= 15 is 0 Å². The highest BCUT2D eigenvalue weighted by Gasteiger charge is 2.17. The number of hydrogen-bond donors (Lipinski definition) is 3. The van der Waals surface area contributed by atoms with Crippen LogP contribution < -0.4 is 26.2 Å². The predicted octanol–water partition coefficient (Wildman–Crippen LogP) is -0.626. The van der Waals surface area contributed by atoms with E-state index in [0.717, 1.165) is 0 Å². The number of nitrogens with zero attached hydrogens (tertiary/aromatic N) is 4. The fraction of sp³-hybridized carbons (Fsp3) is 0.636. The Balaban J connectivity index is 2.88. The fourth-order valence-corrected chi connectivity index (χ4v) is 1.60. The molecule has 1 unspecified atom stereocenters. The summed E-state index contributed by atoms with van der Waals surface area (Å²) in [6, 6.07) is 0.185. The highest BCUT2D eigenvalue weighted by molar-refractivity contribution is 5.78. The van der Waals surface area contributed by atoms with Gasteiger partial charge in [0.2, 0.25) is 17.8 Å². The van der Waals surface area contributed by atoms with Gasteiger partial charge in [0.05, 0.1) is 12.5 Å². The van der Waals surface area contributed by atoms with Gasteiger partial charge in [0.25, 0.3) is 0 Å². The Morgan fingerprint density at radius 2 is 2.15 bits per heavy atom. The van der Waals surface area contributed by atoms with Crippen LogP contribution in [-0.4, -0.2) is 48.1 Å². The molecule has 0 radical (unpaired) electrons. The molecule has 0 spiro atoms. The smallest absolute Gasteiger partial charge is 0.323 e. The summed E-state index contributed by atoms with van der Waals surface area (Å²) in [5, 5.41) is 2.60. The Labute approximate surface area is 117 Å². The number of anilines is 2. The number of carbonyl (C=O) groups excluding carboxylic acids is 1. The van der Waals surface area contributed by atoms with Crippen LogP contribution in [0.4, 0.5) is 11.9 Å². The summed E-state index contributed by atoms with van der Waals surface area (Å²) in [5.74, 6) is 5.65. The Bertz CT molecular complexity index is 454. The van der Waals surface area contributed by atoms with Gasteiger partial charge in [-0.2, -0.15) is 15.0 Å². The molecule has 20 heavy (non-hydrogen) atoms. The van der Waals surface area contributed by atoms with Crippen LogP contribution in [0.5, 0.6) is 6.01 Å². The second-order valence-electron chi connectivity index (χ2n) is 4.21. The lowest BCUT2D eigenvalue weighted by atomic mass is 10.1. The van der Waals surface area contributed by atoms with E-state index < -0.39 is 0 Å². The molecule has 0 aliphatic rings. The molecule has 1 aromatic heterocycles. The van der Waals surface area contributed by atoms with Gasteiger partial charge in [-0.15, -0.1) is 0 Å². The van der Waals surface area contributed by atoms with E-state index in [1.54, 1.807) is 19.0 Å². The van der Waals surface area contributed by atoms with Crippen molar-refractivity contribution in [3.63, 3.8) is 0 Å². The molecule has 0 fully saturated rings. The lowest BCUT2D eigenvalue weighted by molar-refractivity contribution is -0.123. The van der Waals surface area contributed by atoms with Crippen LogP contribution in [0.15, 0.2) is 0 Å². The molecule has 1 atom stereocenters. The van der Waals surface area contributed by atoms with Crippen LogP contribution in [0.2, 0.25) is 0 Å². The molecule has 1 rings (SSSR count). The van der Waals surface area contributed by atoms with Gasteiger partial charge in [-0.1, -0.05) is 6.92 Å². The van der Waals surface area contributed by atoms with Crippen LogP contribution in [0.1, 0.15) is 13.8 Å². The third-order valence-corrected chi connectivity index (χ3v) is 2.59. The van der Waals surface area contributed by atoms with Crippen molar-refractivity contribution >= 4 is 17.8 Å². The van der Waals surface area contributed by atoms with Crippen molar-refractivity contribution in [2.24, 2.45) is 11.8 Å². The maximum atomic E-state index is 11.5. The average Bonchev–Trinajstić information content (AvgIpc) is 2.46. The summed E-state index contributed by atoms with van der Waals surface area (Å²) in [6.45, 7) is 4.55. The zero-order valence-electron chi connectivity index (χ0n) is 12.2. The van der Waals surface area contributed by atoms with E-state index in [0.29, 0.717) is 19.1 Å². The van der Waals surface area contributed by atoms with Crippen molar-refractivity contribution in [3.8, 4) is 6.01 Å². The molecule has 0 aliphatic carbocycles. The minimum atomic E-state index is -0.202. The van der Waals surface area contributed by atoms with E-state index in [1.807, 2.05) is 13.8 Å². The van der Waals surface area contributed by atoms with Crippen molar-refractivity contribution < 1.29 is 9.53 Å². The first-order valence-electron chi connectivity index (χ1n) is 6.30. The van der Waals surface area contributed by atoms with Gasteiger partial charge in [0.1, 0.15) is 0 Å². The minimum Gasteiger partial charge on any atom is -0.464 e. The summed E-state index contributed by atoms with van der Waals surface area (Å²) in [6.07, 6.45) is 0. The van der Waals surface area contributed by atoms with Gasteiger partial charge >= 0.3 is 6.01 Å². The summed E-state index contributed by atoms with van der Waals surface area (Å²) in [7, 11) is 3.39. The average molecular weight is 283 g/mol. The zero-order chi connectivity index (χ0) is 15.1. The number of carbonyl (C=O) groups is 1. The van der Waals surface area contributed by atoms with E-state index in [1.165, 1.54) is 0 Å². The Kier molecular flexibility index (Phi) is 5.91. The molecule has 0 saturated carbocycles.